The lowest BCUT2D eigenvalue weighted by atomic mass is 9.94. The van der Waals surface area contributed by atoms with E-state index in [4.69, 9.17) is 19.9 Å². The molecule has 0 heterocycles. The molecular formula is C41H40N4O11. The van der Waals surface area contributed by atoms with Crippen molar-refractivity contribution >= 4 is 47.0 Å². The van der Waals surface area contributed by atoms with Crippen LogP contribution in [0.1, 0.15) is 55.7 Å². The van der Waals surface area contributed by atoms with E-state index < -0.39 is 71.3 Å². The number of fused-ring (bicyclic) bond motifs is 3. The van der Waals surface area contributed by atoms with Gasteiger partial charge in [0.05, 0.1) is 23.3 Å². The fourth-order valence-corrected chi connectivity index (χ4v) is 6.21. The van der Waals surface area contributed by atoms with Gasteiger partial charge in [-0.15, -0.1) is 0 Å². The van der Waals surface area contributed by atoms with Gasteiger partial charge in [-0.05, 0) is 59.0 Å². The number of non-ortho nitro benzene ring substituents is 1. The minimum absolute atomic E-state index is 0.0556. The number of primary amides is 1. The van der Waals surface area contributed by atoms with Crippen LogP contribution in [0.4, 0.5) is 16.2 Å². The van der Waals surface area contributed by atoms with Gasteiger partial charge in [-0.25, -0.2) is 4.79 Å². The van der Waals surface area contributed by atoms with Crippen molar-refractivity contribution in [2.45, 2.75) is 51.7 Å². The van der Waals surface area contributed by atoms with Crippen molar-refractivity contribution in [3.8, 4) is 16.9 Å². The minimum atomic E-state index is -1.14. The van der Waals surface area contributed by atoms with Crippen LogP contribution in [0.5, 0.6) is 5.75 Å². The van der Waals surface area contributed by atoms with Gasteiger partial charge in [0, 0.05) is 42.5 Å². The van der Waals surface area contributed by atoms with E-state index >= 15 is 0 Å². The molecule has 0 spiro atoms. The van der Waals surface area contributed by atoms with E-state index in [2.05, 4.69) is 10.6 Å². The Morgan fingerprint density at radius 2 is 1.38 bits per heavy atom. The fraction of sp³-hybridized carbons (Fsp3) is 0.268. The number of nitro benzene ring substituents is 1. The summed E-state index contributed by atoms with van der Waals surface area (Å²) >= 11 is 0. The van der Waals surface area contributed by atoms with Crippen molar-refractivity contribution in [3.05, 3.63) is 124 Å². The summed E-state index contributed by atoms with van der Waals surface area (Å²) < 4.78 is 15.7. The number of nitrogens with one attached hydrogen (secondary N) is 2. The third-order valence-electron chi connectivity index (χ3n) is 9.23. The molecule has 0 radical (unpaired) electrons. The zero-order valence-corrected chi connectivity index (χ0v) is 30.6. The van der Waals surface area contributed by atoms with Gasteiger partial charge >= 0.3 is 12.1 Å². The SMILES string of the molecule is C[C@H](CC(=O)OCC1c2ccccc2-c2ccccc21)C(=O)N[C@@H](C)C(=O)C[C@@H](CC(N)=O)C(=O)Nc1ccc(COC(=O)Oc2ccc([N+](=O)[O-])cc2)cc1. The molecule has 0 saturated carbocycles. The first kappa shape index (κ1) is 40.3. The molecule has 0 unspecified atom stereocenters. The molecule has 290 valence electrons. The monoisotopic (exact) mass is 764 g/mol. The molecule has 0 aliphatic heterocycles. The first-order valence-electron chi connectivity index (χ1n) is 17.7. The smallest absolute Gasteiger partial charge is 0.465 e. The van der Waals surface area contributed by atoms with Crippen molar-refractivity contribution in [2.24, 2.45) is 17.6 Å². The van der Waals surface area contributed by atoms with Gasteiger partial charge < -0.3 is 30.6 Å². The fourth-order valence-electron chi connectivity index (χ4n) is 6.21. The second-order valence-corrected chi connectivity index (χ2v) is 13.4. The lowest BCUT2D eigenvalue weighted by molar-refractivity contribution is -0.384. The standard InChI is InChI=1S/C41H40N4O11/c1-24(19-38(48)54-23-35-33-9-5-3-7-31(33)32-8-4-6-10-34(32)35)39(49)43-25(2)36(46)20-27(21-37(42)47)40(50)44-28-13-11-26(12-14-28)22-55-41(51)56-30-17-15-29(16-18-30)45(52)53/h3-18,24-25,27,35H,19-23H2,1-2H3,(H2,42,47)(H,43,49)(H,44,50)/t24-,25+,27+/m1/s1. The zero-order chi connectivity index (χ0) is 40.4. The summed E-state index contributed by atoms with van der Waals surface area (Å²) in [5, 5.41) is 16.0. The van der Waals surface area contributed by atoms with Crippen LogP contribution in [0.25, 0.3) is 11.1 Å². The average molecular weight is 765 g/mol. The predicted octanol–water partition coefficient (Wildman–Crippen LogP) is 5.59. The molecule has 3 amide bonds. The molecule has 56 heavy (non-hydrogen) atoms. The highest BCUT2D eigenvalue weighted by Gasteiger charge is 2.31. The Kier molecular flexibility index (Phi) is 13.3. The highest BCUT2D eigenvalue weighted by atomic mass is 16.7. The summed E-state index contributed by atoms with van der Waals surface area (Å²) in [5.74, 6) is -5.15. The molecule has 0 aromatic heterocycles. The lowest BCUT2D eigenvalue weighted by Crippen LogP contribution is -2.43. The molecule has 0 fully saturated rings. The van der Waals surface area contributed by atoms with Crippen LogP contribution in [0.3, 0.4) is 0 Å². The van der Waals surface area contributed by atoms with Crippen molar-refractivity contribution in [2.75, 3.05) is 11.9 Å². The number of rotatable bonds is 17. The number of Topliss-reactive ketones (excluding diaryl/α,β-unsaturated/α-hetero) is 1. The molecule has 4 aromatic rings. The number of hydrogen-bond acceptors (Lipinski definition) is 11. The summed E-state index contributed by atoms with van der Waals surface area (Å²) in [6.07, 6.45) is -2.09. The number of anilines is 1. The summed E-state index contributed by atoms with van der Waals surface area (Å²) in [6, 6.07) is 25.9. The molecule has 15 nitrogen and oxygen atoms in total. The van der Waals surface area contributed by atoms with Crippen LogP contribution in [0.2, 0.25) is 0 Å². The van der Waals surface area contributed by atoms with Gasteiger partial charge in [-0.1, -0.05) is 67.6 Å². The molecule has 0 saturated heterocycles. The van der Waals surface area contributed by atoms with E-state index in [-0.39, 0.29) is 37.0 Å². The van der Waals surface area contributed by atoms with Gasteiger partial charge in [-0.2, -0.15) is 0 Å². The van der Waals surface area contributed by atoms with Crippen LogP contribution >= 0.6 is 0 Å². The molecule has 1 aliphatic rings. The first-order valence-corrected chi connectivity index (χ1v) is 17.7. The quantitative estimate of drug-likeness (QED) is 0.0520. The number of amides is 3. The molecule has 4 N–H and O–H groups in total. The van der Waals surface area contributed by atoms with Crippen molar-refractivity contribution in [3.63, 3.8) is 0 Å². The molecular weight excluding hydrogens is 724 g/mol. The van der Waals surface area contributed by atoms with E-state index in [1.165, 1.54) is 43.3 Å². The van der Waals surface area contributed by atoms with Gasteiger partial charge in [0.1, 0.15) is 19.0 Å². The Labute approximate surface area is 321 Å². The van der Waals surface area contributed by atoms with Crippen LogP contribution in [-0.2, 0) is 40.1 Å². The summed E-state index contributed by atoms with van der Waals surface area (Å²) in [6.45, 7) is 2.92. The van der Waals surface area contributed by atoms with Crippen molar-refractivity contribution in [1.29, 1.82) is 0 Å². The van der Waals surface area contributed by atoms with Gasteiger partial charge in [0.25, 0.3) is 5.69 Å². The van der Waals surface area contributed by atoms with Crippen LogP contribution < -0.4 is 21.1 Å². The Morgan fingerprint density at radius 1 is 0.768 bits per heavy atom. The number of benzene rings is 4. The maximum atomic E-state index is 13.1. The highest BCUT2D eigenvalue weighted by molar-refractivity contribution is 5.99. The van der Waals surface area contributed by atoms with E-state index in [0.717, 1.165) is 22.3 Å². The maximum absolute atomic E-state index is 13.1. The average Bonchev–Trinajstić information content (AvgIpc) is 3.49. The molecule has 15 heteroatoms. The number of carbonyl (C=O) groups is 6. The number of ether oxygens (including phenoxy) is 3. The normalized spacial score (nSPS) is 13.2. The summed E-state index contributed by atoms with van der Waals surface area (Å²) in [7, 11) is 0. The Bertz CT molecular complexity index is 2070. The van der Waals surface area contributed by atoms with Crippen molar-refractivity contribution < 1.29 is 47.9 Å². The number of ketones is 1. The van der Waals surface area contributed by atoms with Crippen LogP contribution in [0.15, 0.2) is 97.1 Å². The Hall–Kier alpha value is -6.90. The maximum Gasteiger partial charge on any atom is 0.514 e. The third kappa shape index (κ3) is 10.6. The highest BCUT2D eigenvalue weighted by Crippen LogP contribution is 2.44. The molecule has 0 bridgehead atoms. The second kappa shape index (κ2) is 18.4. The number of esters is 1. The molecule has 1 aliphatic carbocycles. The second-order valence-electron chi connectivity index (χ2n) is 13.4. The van der Waals surface area contributed by atoms with E-state index in [0.29, 0.717) is 11.3 Å². The van der Waals surface area contributed by atoms with Crippen molar-refractivity contribution in [1.82, 2.24) is 5.32 Å². The third-order valence-corrected chi connectivity index (χ3v) is 9.23. The number of nitrogens with two attached hydrogens (primary N) is 1. The Balaban J connectivity index is 1.06. The largest absolute Gasteiger partial charge is 0.514 e. The number of nitro groups is 1. The van der Waals surface area contributed by atoms with Crippen LogP contribution in [-0.4, -0.2) is 53.2 Å². The van der Waals surface area contributed by atoms with Gasteiger partial charge in [0.2, 0.25) is 17.7 Å². The lowest BCUT2D eigenvalue weighted by Gasteiger charge is -2.20. The van der Waals surface area contributed by atoms with Gasteiger partial charge in [-0.3, -0.25) is 34.1 Å². The molecule has 4 aromatic carbocycles. The van der Waals surface area contributed by atoms with E-state index in [9.17, 15) is 38.9 Å². The number of hydrogen-bond donors (Lipinski definition) is 3. The summed E-state index contributed by atoms with van der Waals surface area (Å²) in [5.41, 5.74) is 10.4. The number of carbonyl (C=O) groups excluding carboxylic acids is 6. The van der Waals surface area contributed by atoms with Crippen LogP contribution in [0, 0.1) is 22.0 Å². The number of nitrogens with zero attached hydrogens (tertiary/aromatic N) is 1. The zero-order valence-electron chi connectivity index (χ0n) is 30.6. The van der Waals surface area contributed by atoms with E-state index in [1.807, 2.05) is 48.5 Å². The summed E-state index contributed by atoms with van der Waals surface area (Å²) in [4.78, 5) is 86.1. The predicted molar refractivity (Wildman–Crippen MR) is 202 cm³/mol. The first-order chi connectivity index (χ1) is 26.8. The van der Waals surface area contributed by atoms with E-state index in [1.54, 1.807) is 19.1 Å². The minimum Gasteiger partial charge on any atom is -0.465 e. The van der Waals surface area contributed by atoms with Gasteiger partial charge in [0.15, 0.2) is 5.78 Å². The topological polar surface area (TPSA) is 223 Å². The molecule has 3 atom stereocenters. The molecule has 5 rings (SSSR count). The Morgan fingerprint density at radius 3 is 1.96 bits per heavy atom.